The van der Waals surface area contributed by atoms with Gasteiger partial charge in [0.2, 0.25) is 5.91 Å². The van der Waals surface area contributed by atoms with E-state index in [0.29, 0.717) is 5.69 Å². The summed E-state index contributed by atoms with van der Waals surface area (Å²) in [4.78, 5) is 36.5. The molecule has 1 heterocycles. The lowest BCUT2D eigenvalue weighted by Crippen LogP contribution is -2.33. The smallest absolute Gasteiger partial charge is 0.328 e. The van der Waals surface area contributed by atoms with Gasteiger partial charge in [-0.15, -0.1) is 0 Å². The van der Waals surface area contributed by atoms with Crippen LogP contribution in [-0.4, -0.2) is 20.6 Å². The molecule has 1 aromatic carbocycles. The minimum atomic E-state index is -0.730. The van der Waals surface area contributed by atoms with Crippen molar-refractivity contribution in [2.75, 3.05) is 5.32 Å². The van der Waals surface area contributed by atoms with Gasteiger partial charge in [0.05, 0.1) is 0 Å². The SMILES string of the molecule is Cc1cc(O)cc(NC(=O)Cn2cc(Cl)c(=O)[nH]c2=O)c1. The maximum absolute atomic E-state index is 11.9. The Morgan fingerprint density at radius 2 is 2.10 bits per heavy atom. The number of hydrogen-bond acceptors (Lipinski definition) is 4. The number of hydrogen-bond donors (Lipinski definition) is 3. The molecule has 0 spiro atoms. The van der Waals surface area contributed by atoms with E-state index in [2.05, 4.69) is 5.32 Å². The number of amides is 1. The number of aryl methyl sites for hydroxylation is 1. The van der Waals surface area contributed by atoms with Gasteiger partial charge < -0.3 is 10.4 Å². The molecule has 21 heavy (non-hydrogen) atoms. The van der Waals surface area contributed by atoms with Crippen LogP contribution in [-0.2, 0) is 11.3 Å². The highest BCUT2D eigenvalue weighted by atomic mass is 35.5. The summed E-state index contributed by atoms with van der Waals surface area (Å²) in [5.74, 6) is -0.472. The largest absolute Gasteiger partial charge is 0.508 e. The minimum Gasteiger partial charge on any atom is -0.508 e. The maximum Gasteiger partial charge on any atom is 0.328 e. The number of aromatic hydroxyl groups is 1. The molecule has 0 unspecified atom stereocenters. The van der Waals surface area contributed by atoms with Crippen molar-refractivity contribution in [2.45, 2.75) is 13.5 Å². The number of phenolic OH excluding ortho intramolecular Hbond substituents is 1. The molecule has 0 saturated heterocycles. The average molecular weight is 310 g/mol. The average Bonchev–Trinajstić information content (AvgIpc) is 2.34. The fraction of sp³-hybridized carbons (Fsp3) is 0.154. The topological polar surface area (TPSA) is 104 Å². The normalized spacial score (nSPS) is 10.4. The van der Waals surface area contributed by atoms with Crippen molar-refractivity contribution in [3.05, 3.63) is 55.8 Å². The standard InChI is InChI=1S/C13H12ClN3O4/c1-7-2-8(4-9(18)3-7)15-11(19)6-17-5-10(14)12(20)16-13(17)21/h2-5,18H,6H2,1H3,(H,15,19)(H,16,20,21). The van der Waals surface area contributed by atoms with Crippen LogP contribution >= 0.6 is 11.6 Å². The molecule has 1 aromatic heterocycles. The summed E-state index contributed by atoms with van der Waals surface area (Å²) in [5.41, 5.74) is -0.260. The summed E-state index contributed by atoms with van der Waals surface area (Å²) in [7, 11) is 0. The van der Waals surface area contributed by atoms with Crippen LogP contribution in [0.4, 0.5) is 5.69 Å². The Labute approximate surface area is 123 Å². The van der Waals surface area contributed by atoms with Gasteiger partial charge in [0, 0.05) is 18.0 Å². The third kappa shape index (κ3) is 3.73. The van der Waals surface area contributed by atoms with Crippen LogP contribution in [0.25, 0.3) is 0 Å². The van der Waals surface area contributed by atoms with E-state index in [9.17, 15) is 19.5 Å². The summed E-state index contributed by atoms with van der Waals surface area (Å²) in [6.45, 7) is 1.45. The minimum absolute atomic E-state index is 0.0227. The van der Waals surface area contributed by atoms with Crippen molar-refractivity contribution in [1.82, 2.24) is 9.55 Å². The number of H-pyrrole nitrogens is 1. The van der Waals surface area contributed by atoms with Gasteiger partial charge in [-0.2, -0.15) is 0 Å². The lowest BCUT2D eigenvalue weighted by Gasteiger charge is -2.08. The van der Waals surface area contributed by atoms with Gasteiger partial charge in [0.25, 0.3) is 5.56 Å². The first-order valence-electron chi connectivity index (χ1n) is 5.95. The van der Waals surface area contributed by atoms with Crippen molar-refractivity contribution >= 4 is 23.2 Å². The monoisotopic (exact) mass is 309 g/mol. The Kier molecular flexibility index (Phi) is 4.13. The highest BCUT2D eigenvalue weighted by molar-refractivity contribution is 6.30. The molecule has 0 atom stereocenters. The third-order valence-corrected chi connectivity index (χ3v) is 2.90. The summed E-state index contributed by atoms with van der Waals surface area (Å²) in [6, 6.07) is 4.59. The molecule has 0 radical (unpaired) electrons. The fourth-order valence-corrected chi connectivity index (χ4v) is 1.96. The number of aromatic nitrogens is 2. The summed E-state index contributed by atoms with van der Waals surface area (Å²) >= 11 is 5.60. The van der Waals surface area contributed by atoms with E-state index in [4.69, 9.17) is 11.6 Å². The molecule has 0 aliphatic rings. The Bertz CT molecular complexity index is 790. The van der Waals surface area contributed by atoms with Gasteiger partial charge in [0.1, 0.15) is 17.3 Å². The van der Waals surface area contributed by atoms with E-state index in [1.807, 2.05) is 4.98 Å². The number of halogens is 1. The second-order valence-electron chi connectivity index (χ2n) is 4.47. The molecule has 8 heteroatoms. The number of rotatable bonds is 3. The second-order valence-corrected chi connectivity index (χ2v) is 4.88. The predicted molar refractivity (Wildman–Crippen MR) is 77.8 cm³/mol. The molecular formula is C13H12ClN3O4. The molecule has 0 aliphatic heterocycles. The Hall–Kier alpha value is -2.54. The molecule has 110 valence electrons. The van der Waals surface area contributed by atoms with Crippen molar-refractivity contribution in [1.29, 1.82) is 0 Å². The lowest BCUT2D eigenvalue weighted by atomic mass is 10.2. The zero-order valence-electron chi connectivity index (χ0n) is 11.0. The first-order chi connectivity index (χ1) is 9.85. The maximum atomic E-state index is 11.9. The molecule has 0 aliphatic carbocycles. The molecular weight excluding hydrogens is 298 g/mol. The summed E-state index contributed by atoms with van der Waals surface area (Å²) in [5, 5.41) is 11.8. The number of phenols is 1. The Balaban J connectivity index is 2.17. The Morgan fingerprint density at radius 3 is 2.76 bits per heavy atom. The molecule has 2 rings (SSSR count). The molecule has 3 N–H and O–H groups in total. The second kappa shape index (κ2) is 5.84. The number of nitrogens with zero attached hydrogens (tertiary/aromatic N) is 1. The van der Waals surface area contributed by atoms with E-state index in [1.165, 1.54) is 6.07 Å². The van der Waals surface area contributed by atoms with Crippen molar-refractivity contribution in [3.63, 3.8) is 0 Å². The van der Waals surface area contributed by atoms with Crippen molar-refractivity contribution < 1.29 is 9.90 Å². The van der Waals surface area contributed by atoms with Gasteiger partial charge in [-0.25, -0.2) is 4.79 Å². The van der Waals surface area contributed by atoms with Crippen LogP contribution in [0.5, 0.6) is 5.75 Å². The van der Waals surface area contributed by atoms with Crippen molar-refractivity contribution in [3.8, 4) is 5.75 Å². The van der Waals surface area contributed by atoms with Crippen LogP contribution in [0.3, 0.4) is 0 Å². The molecule has 0 saturated carbocycles. The first kappa shape index (κ1) is 14.9. The summed E-state index contributed by atoms with van der Waals surface area (Å²) in [6.07, 6.45) is 1.09. The van der Waals surface area contributed by atoms with E-state index < -0.39 is 17.2 Å². The van der Waals surface area contributed by atoms with Crippen LogP contribution in [0, 0.1) is 6.92 Å². The molecule has 1 amide bonds. The van der Waals surface area contributed by atoms with Crippen LogP contribution in [0.2, 0.25) is 5.02 Å². The highest BCUT2D eigenvalue weighted by Gasteiger charge is 2.08. The number of nitrogens with one attached hydrogen (secondary N) is 2. The number of anilines is 1. The number of carbonyl (C=O) groups is 1. The fourth-order valence-electron chi connectivity index (χ4n) is 1.79. The number of benzene rings is 1. The third-order valence-electron chi connectivity index (χ3n) is 2.63. The van der Waals surface area contributed by atoms with Gasteiger partial charge in [-0.05, 0) is 24.6 Å². The van der Waals surface area contributed by atoms with Gasteiger partial charge in [0.15, 0.2) is 0 Å². The van der Waals surface area contributed by atoms with Crippen LogP contribution in [0.15, 0.2) is 34.0 Å². The quantitative estimate of drug-likeness (QED) is 0.781. The van der Waals surface area contributed by atoms with E-state index in [0.717, 1.165) is 16.3 Å². The van der Waals surface area contributed by atoms with E-state index >= 15 is 0 Å². The molecule has 0 bridgehead atoms. The summed E-state index contributed by atoms with van der Waals surface area (Å²) < 4.78 is 0.981. The molecule has 2 aromatic rings. The highest BCUT2D eigenvalue weighted by Crippen LogP contribution is 2.18. The van der Waals surface area contributed by atoms with Crippen LogP contribution in [0.1, 0.15) is 5.56 Å². The van der Waals surface area contributed by atoms with Crippen molar-refractivity contribution in [2.24, 2.45) is 0 Å². The number of carbonyl (C=O) groups excluding carboxylic acids is 1. The Morgan fingerprint density at radius 1 is 1.38 bits per heavy atom. The lowest BCUT2D eigenvalue weighted by molar-refractivity contribution is -0.116. The zero-order valence-corrected chi connectivity index (χ0v) is 11.8. The molecule has 7 nitrogen and oxygen atoms in total. The van der Waals surface area contributed by atoms with E-state index in [1.54, 1.807) is 19.1 Å². The van der Waals surface area contributed by atoms with Gasteiger partial charge >= 0.3 is 5.69 Å². The first-order valence-corrected chi connectivity index (χ1v) is 6.33. The zero-order chi connectivity index (χ0) is 15.6. The van der Waals surface area contributed by atoms with Gasteiger partial charge in [-0.1, -0.05) is 11.6 Å². The van der Waals surface area contributed by atoms with Crippen LogP contribution < -0.4 is 16.6 Å². The van der Waals surface area contributed by atoms with E-state index in [-0.39, 0.29) is 17.3 Å². The predicted octanol–water partition coefficient (Wildman–Crippen LogP) is 0.843. The van der Waals surface area contributed by atoms with Gasteiger partial charge in [-0.3, -0.25) is 19.1 Å². The number of aromatic amines is 1. The molecule has 0 fully saturated rings.